The van der Waals surface area contributed by atoms with Gasteiger partial charge in [0.15, 0.2) is 5.82 Å². The fourth-order valence-electron chi connectivity index (χ4n) is 2.28. The molecule has 21 heavy (non-hydrogen) atoms. The molecule has 4 heterocycles. The third-order valence-electron chi connectivity index (χ3n) is 3.30. The van der Waals surface area contributed by atoms with Crippen LogP contribution < -0.4 is 11.3 Å². The molecule has 4 aromatic heterocycles. The summed E-state index contributed by atoms with van der Waals surface area (Å²) < 4.78 is 2.61. The van der Waals surface area contributed by atoms with E-state index in [2.05, 4.69) is 9.97 Å². The van der Waals surface area contributed by atoms with Crippen molar-refractivity contribution < 1.29 is 0 Å². The van der Waals surface area contributed by atoms with E-state index in [9.17, 15) is 4.79 Å². The zero-order valence-electron chi connectivity index (χ0n) is 10.8. The van der Waals surface area contributed by atoms with Crippen LogP contribution in [-0.2, 0) is 6.54 Å². The van der Waals surface area contributed by atoms with Gasteiger partial charge < -0.3 is 10.3 Å². The van der Waals surface area contributed by atoms with E-state index < -0.39 is 0 Å². The summed E-state index contributed by atoms with van der Waals surface area (Å²) in [7, 11) is 0. The first-order valence-corrected chi connectivity index (χ1v) is 8.04. The molecule has 0 aromatic carbocycles. The molecule has 0 saturated carbocycles. The Balaban J connectivity index is 1.82. The van der Waals surface area contributed by atoms with E-state index in [-0.39, 0.29) is 5.56 Å². The van der Waals surface area contributed by atoms with Crippen LogP contribution in [-0.4, -0.2) is 14.5 Å². The molecular formula is C14H10N4OS2. The Kier molecular flexibility index (Phi) is 2.76. The smallest absolute Gasteiger partial charge is 0.259 e. The number of nitrogens with zero attached hydrogens (tertiary/aromatic N) is 3. The molecule has 0 aliphatic rings. The third-order valence-corrected chi connectivity index (χ3v) is 4.99. The zero-order valence-corrected chi connectivity index (χ0v) is 12.4. The Morgan fingerprint density at radius 3 is 2.81 bits per heavy atom. The van der Waals surface area contributed by atoms with Crippen molar-refractivity contribution in [2.24, 2.45) is 0 Å². The normalized spacial score (nSPS) is 11.4. The van der Waals surface area contributed by atoms with Gasteiger partial charge in [-0.1, -0.05) is 0 Å². The Bertz CT molecular complexity index is 1010. The predicted octanol–water partition coefficient (Wildman–Crippen LogP) is 2.70. The Labute approximate surface area is 127 Å². The SMILES string of the molecule is Nc1nc(Cn2ccc3sccc3c2=O)nc2sccc12. The van der Waals surface area contributed by atoms with Crippen molar-refractivity contribution in [2.75, 3.05) is 5.73 Å². The second-order valence-corrected chi connectivity index (χ2v) is 6.45. The number of hydrogen-bond acceptors (Lipinski definition) is 6. The molecule has 5 nitrogen and oxygen atoms in total. The van der Waals surface area contributed by atoms with E-state index >= 15 is 0 Å². The van der Waals surface area contributed by atoms with Crippen LogP contribution in [0.3, 0.4) is 0 Å². The van der Waals surface area contributed by atoms with Crippen LogP contribution in [0.2, 0.25) is 0 Å². The van der Waals surface area contributed by atoms with Gasteiger partial charge in [-0.05, 0) is 29.0 Å². The lowest BCUT2D eigenvalue weighted by molar-refractivity contribution is 0.727. The van der Waals surface area contributed by atoms with Crippen LogP contribution in [0.4, 0.5) is 5.82 Å². The van der Waals surface area contributed by atoms with Crippen LogP contribution in [0.5, 0.6) is 0 Å². The number of anilines is 1. The molecule has 0 atom stereocenters. The van der Waals surface area contributed by atoms with Gasteiger partial charge in [0.2, 0.25) is 0 Å². The Morgan fingerprint density at radius 2 is 1.90 bits per heavy atom. The average molecular weight is 314 g/mol. The molecule has 104 valence electrons. The van der Waals surface area contributed by atoms with Gasteiger partial charge in [-0.3, -0.25) is 4.79 Å². The van der Waals surface area contributed by atoms with Gasteiger partial charge in [0.1, 0.15) is 10.6 Å². The summed E-state index contributed by atoms with van der Waals surface area (Å²) in [5.74, 6) is 1.01. The van der Waals surface area contributed by atoms with Gasteiger partial charge >= 0.3 is 0 Å². The second-order valence-electron chi connectivity index (χ2n) is 4.61. The molecule has 4 aromatic rings. The number of nitrogen functional groups attached to an aromatic ring is 1. The molecule has 0 aliphatic heterocycles. The number of fused-ring (bicyclic) bond motifs is 2. The van der Waals surface area contributed by atoms with E-state index in [1.165, 1.54) is 11.3 Å². The summed E-state index contributed by atoms with van der Waals surface area (Å²) in [5, 5.41) is 5.45. The van der Waals surface area contributed by atoms with Crippen LogP contribution in [0, 0.1) is 0 Å². The van der Waals surface area contributed by atoms with Crippen molar-refractivity contribution in [3.8, 4) is 0 Å². The fraction of sp³-hybridized carbons (Fsp3) is 0.0714. The summed E-state index contributed by atoms with van der Waals surface area (Å²) in [6.07, 6.45) is 1.78. The molecule has 2 N–H and O–H groups in total. The Hall–Kier alpha value is -2.25. The molecule has 0 bridgehead atoms. The molecule has 0 radical (unpaired) electrons. The van der Waals surface area contributed by atoms with Crippen molar-refractivity contribution in [3.05, 3.63) is 51.3 Å². The van der Waals surface area contributed by atoms with Crippen molar-refractivity contribution in [1.29, 1.82) is 0 Å². The standard InChI is InChI=1S/C14H10N4OS2/c15-12-9-3-6-21-13(9)17-11(16-12)7-18-4-1-10-8(14(18)19)2-5-20-10/h1-6H,7H2,(H2,15,16,17). The zero-order chi connectivity index (χ0) is 14.4. The number of hydrogen-bond donors (Lipinski definition) is 1. The van der Waals surface area contributed by atoms with Crippen LogP contribution in [0.1, 0.15) is 5.82 Å². The molecular weight excluding hydrogens is 304 g/mol. The average Bonchev–Trinajstić information content (AvgIpc) is 3.10. The molecule has 7 heteroatoms. The van der Waals surface area contributed by atoms with Gasteiger partial charge in [-0.15, -0.1) is 22.7 Å². The largest absolute Gasteiger partial charge is 0.383 e. The summed E-state index contributed by atoms with van der Waals surface area (Å²) in [4.78, 5) is 22.0. The fourth-order valence-corrected chi connectivity index (χ4v) is 3.84. The second kappa shape index (κ2) is 4.64. The third kappa shape index (κ3) is 2.01. The first kappa shape index (κ1) is 12.5. The summed E-state index contributed by atoms with van der Waals surface area (Å²) in [6, 6.07) is 5.69. The maximum atomic E-state index is 12.4. The van der Waals surface area contributed by atoms with Gasteiger partial charge in [-0.2, -0.15) is 0 Å². The molecule has 0 aliphatic carbocycles. The lowest BCUT2D eigenvalue weighted by Crippen LogP contribution is -2.20. The number of pyridine rings is 1. The molecule has 0 spiro atoms. The predicted molar refractivity (Wildman–Crippen MR) is 87.0 cm³/mol. The van der Waals surface area contributed by atoms with E-state index in [1.807, 2.05) is 29.0 Å². The lowest BCUT2D eigenvalue weighted by atomic mass is 10.3. The first-order chi connectivity index (χ1) is 10.2. The van der Waals surface area contributed by atoms with E-state index in [4.69, 9.17) is 5.73 Å². The summed E-state index contributed by atoms with van der Waals surface area (Å²) in [6.45, 7) is 0.322. The number of rotatable bonds is 2. The quantitative estimate of drug-likeness (QED) is 0.617. The van der Waals surface area contributed by atoms with Gasteiger partial charge in [0.05, 0.1) is 17.3 Å². The number of aromatic nitrogens is 3. The van der Waals surface area contributed by atoms with Gasteiger partial charge in [0.25, 0.3) is 5.56 Å². The number of thiophene rings is 2. The minimum Gasteiger partial charge on any atom is -0.383 e. The van der Waals surface area contributed by atoms with Gasteiger partial charge in [0, 0.05) is 10.9 Å². The maximum absolute atomic E-state index is 12.4. The summed E-state index contributed by atoms with van der Waals surface area (Å²) in [5.41, 5.74) is 5.91. The molecule has 4 rings (SSSR count). The minimum atomic E-state index is -0.0257. The van der Waals surface area contributed by atoms with Crippen molar-refractivity contribution in [3.63, 3.8) is 0 Å². The monoisotopic (exact) mass is 314 g/mol. The highest BCUT2D eigenvalue weighted by atomic mass is 32.1. The van der Waals surface area contributed by atoms with Crippen molar-refractivity contribution >= 4 is 48.8 Å². The minimum absolute atomic E-state index is 0.0257. The molecule has 0 unspecified atom stereocenters. The molecule has 0 saturated heterocycles. The number of nitrogens with two attached hydrogens (primary N) is 1. The molecule has 0 fully saturated rings. The van der Waals surface area contributed by atoms with Crippen LogP contribution in [0.15, 0.2) is 40.0 Å². The topological polar surface area (TPSA) is 73.8 Å². The first-order valence-electron chi connectivity index (χ1n) is 6.28. The van der Waals surface area contributed by atoms with Crippen molar-refractivity contribution in [2.45, 2.75) is 6.54 Å². The van der Waals surface area contributed by atoms with Crippen molar-refractivity contribution in [1.82, 2.24) is 14.5 Å². The maximum Gasteiger partial charge on any atom is 0.259 e. The van der Waals surface area contributed by atoms with Crippen LogP contribution in [0.25, 0.3) is 20.3 Å². The van der Waals surface area contributed by atoms with E-state index in [1.54, 1.807) is 22.1 Å². The Morgan fingerprint density at radius 1 is 1.10 bits per heavy atom. The van der Waals surface area contributed by atoms with Crippen LogP contribution >= 0.6 is 22.7 Å². The highest BCUT2D eigenvalue weighted by Gasteiger charge is 2.09. The lowest BCUT2D eigenvalue weighted by Gasteiger charge is -2.06. The van der Waals surface area contributed by atoms with E-state index in [0.29, 0.717) is 18.2 Å². The highest BCUT2D eigenvalue weighted by molar-refractivity contribution is 7.17. The van der Waals surface area contributed by atoms with Gasteiger partial charge in [-0.25, -0.2) is 9.97 Å². The van der Waals surface area contributed by atoms with E-state index in [0.717, 1.165) is 20.3 Å². The summed E-state index contributed by atoms with van der Waals surface area (Å²) >= 11 is 3.08. The molecule has 0 amide bonds. The highest BCUT2D eigenvalue weighted by Crippen LogP contribution is 2.23.